The van der Waals surface area contributed by atoms with E-state index in [1.807, 2.05) is 18.2 Å². The molecule has 0 bridgehead atoms. The standard InChI is InChI=1S/C13H10BrNO3/c14-9-5-1-2-6-10(9)18-11-7-3-4-8(12(11)15)13(16)17/h1-7H,15H2,(H,16,17). The molecule has 2 aromatic carbocycles. The zero-order valence-corrected chi connectivity index (χ0v) is 10.8. The van der Waals surface area contributed by atoms with Gasteiger partial charge < -0.3 is 15.6 Å². The van der Waals surface area contributed by atoms with Crippen LogP contribution < -0.4 is 10.5 Å². The Hall–Kier alpha value is -2.01. The zero-order valence-electron chi connectivity index (χ0n) is 9.26. The number of carboxylic acid groups (broad SMARTS) is 1. The van der Waals surface area contributed by atoms with Crippen molar-refractivity contribution >= 4 is 27.6 Å². The van der Waals surface area contributed by atoms with E-state index >= 15 is 0 Å². The summed E-state index contributed by atoms with van der Waals surface area (Å²) in [7, 11) is 0. The van der Waals surface area contributed by atoms with Crippen LogP contribution in [-0.4, -0.2) is 11.1 Å². The lowest BCUT2D eigenvalue weighted by Crippen LogP contribution is -2.03. The molecule has 4 nitrogen and oxygen atoms in total. The molecule has 92 valence electrons. The van der Waals surface area contributed by atoms with E-state index in [1.54, 1.807) is 18.2 Å². The molecule has 3 N–H and O–H groups in total. The van der Waals surface area contributed by atoms with Gasteiger partial charge in [-0.25, -0.2) is 4.79 Å². The third-order valence-corrected chi connectivity index (χ3v) is 3.01. The molecule has 0 spiro atoms. The fraction of sp³-hybridized carbons (Fsp3) is 0. The molecule has 0 saturated carbocycles. The summed E-state index contributed by atoms with van der Waals surface area (Å²) in [5, 5.41) is 8.97. The van der Waals surface area contributed by atoms with Crippen molar-refractivity contribution < 1.29 is 14.6 Å². The molecule has 0 heterocycles. The largest absolute Gasteiger partial charge is 0.478 e. The summed E-state index contributed by atoms with van der Waals surface area (Å²) >= 11 is 3.34. The van der Waals surface area contributed by atoms with Gasteiger partial charge in [-0.1, -0.05) is 18.2 Å². The normalized spacial score (nSPS) is 10.1. The molecule has 0 aliphatic rings. The van der Waals surface area contributed by atoms with Crippen LogP contribution in [0.15, 0.2) is 46.9 Å². The molecule has 18 heavy (non-hydrogen) atoms. The molecule has 0 fully saturated rings. The Labute approximate surface area is 112 Å². The number of rotatable bonds is 3. The zero-order chi connectivity index (χ0) is 13.1. The first-order valence-electron chi connectivity index (χ1n) is 5.14. The first-order valence-corrected chi connectivity index (χ1v) is 5.93. The number of nitrogens with two attached hydrogens (primary N) is 1. The number of carboxylic acids is 1. The van der Waals surface area contributed by atoms with E-state index in [-0.39, 0.29) is 11.3 Å². The van der Waals surface area contributed by atoms with Crippen molar-refractivity contribution in [1.29, 1.82) is 0 Å². The number of benzene rings is 2. The second kappa shape index (κ2) is 5.10. The van der Waals surface area contributed by atoms with Crippen molar-refractivity contribution in [3.8, 4) is 11.5 Å². The highest BCUT2D eigenvalue weighted by atomic mass is 79.9. The molecule has 0 atom stereocenters. The molecule has 2 rings (SSSR count). The molecule has 0 aliphatic heterocycles. The van der Waals surface area contributed by atoms with Crippen LogP contribution in [0.2, 0.25) is 0 Å². The lowest BCUT2D eigenvalue weighted by Gasteiger charge is -2.11. The van der Waals surface area contributed by atoms with Gasteiger partial charge in [-0.15, -0.1) is 0 Å². The predicted octanol–water partition coefficient (Wildman–Crippen LogP) is 3.52. The van der Waals surface area contributed by atoms with E-state index in [0.717, 1.165) is 4.47 Å². The number of ether oxygens (including phenoxy) is 1. The van der Waals surface area contributed by atoms with E-state index in [0.29, 0.717) is 11.5 Å². The molecule has 0 aromatic heterocycles. The highest BCUT2D eigenvalue weighted by Gasteiger charge is 2.13. The van der Waals surface area contributed by atoms with Crippen LogP contribution in [0.3, 0.4) is 0 Å². The maximum Gasteiger partial charge on any atom is 0.337 e. The average Bonchev–Trinajstić information content (AvgIpc) is 2.34. The van der Waals surface area contributed by atoms with Crippen molar-refractivity contribution in [3.63, 3.8) is 0 Å². The van der Waals surface area contributed by atoms with Gasteiger partial charge in [-0.05, 0) is 40.2 Å². The van der Waals surface area contributed by atoms with Gasteiger partial charge in [0.15, 0.2) is 5.75 Å². The maximum absolute atomic E-state index is 10.9. The third kappa shape index (κ3) is 2.46. The second-order valence-corrected chi connectivity index (χ2v) is 4.41. The third-order valence-electron chi connectivity index (χ3n) is 2.35. The van der Waals surface area contributed by atoms with Crippen LogP contribution in [0.25, 0.3) is 0 Å². The second-order valence-electron chi connectivity index (χ2n) is 3.56. The lowest BCUT2D eigenvalue weighted by molar-refractivity contribution is 0.0697. The highest BCUT2D eigenvalue weighted by Crippen LogP contribution is 2.33. The van der Waals surface area contributed by atoms with Crippen LogP contribution in [-0.2, 0) is 0 Å². The quantitative estimate of drug-likeness (QED) is 0.851. The Morgan fingerprint density at radius 3 is 2.44 bits per heavy atom. The monoisotopic (exact) mass is 307 g/mol. The van der Waals surface area contributed by atoms with Gasteiger partial charge in [-0.2, -0.15) is 0 Å². The number of halogens is 1. The molecular weight excluding hydrogens is 298 g/mol. The van der Waals surface area contributed by atoms with E-state index in [4.69, 9.17) is 15.6 Å². The topological polar surface area (TPSA) is 72.5 Å². The van der Waals surface area contributed by atoms with Gasteiger partial charge in [0.1, 0.15) is 5.75 Å². The summed E-state index contributed by atoms with van der Waals surface area (Å²) in [6.07, 6.45) is 0. The van der Waals surface area contributed by atoms with Crippen LogP contribution in [0, 0.1) is 0 Å². The number of carbonyl (C=O) groups is 1. The van der Waals surface area contributed by atoms with Crippen LogP contribution >= 0.6 is 15.9 Å². The molecule has 0 amide bonds. The van der Waals surface area contributed by atoms with E-state index < -0.39 is 5.97 Å². The Morgan fingerprint density at radius 2 is 1.78 bits per heavy atom. The van der Waals surface area contributed by atoms with E-state index in [9.17, 15) is 4.79 Å². The van der Waals surface area contributed by atoms with Crippen LogP contribution in [0.1, 0.15) is 10.4 Å². The van der Waals surface area contributed by atoms with Gasteiger partial charge in [0.2, 0.25) is 0 Å². The first-order chi connectivity index (χ1) is 8.59. The number of hydrogen-bond acceptors (Lipinski definition) is 3. The minimum Gasteiger partial charge on any atom is -0.478 e. The van der Waals surface area contributed by atoms with Gasteiger partial charge in [0, 0.05) is 0 Å². The van der Waals surface area contributed by atoms with Gasteiger partial charge in [-0.3, -0.25) is 0 Å². The number of hydrogen-bond donors (Lipinski definition) is 2. The molecule has 0 radical (unpaired) electrons. The SMILES string of the molecule is Nc1c(Oc2ccccc2Br)cccc1C(=O)O. The number of nitrogen functional groups attached to an aromatic ring is 1. The molecule has 0 unspecified atom stereocenters. The Kier molecular flexibility index (Phi) is 3.53. The summed E-state index contributed by atoms with van der Waals surface area (Å²) in [5.74, 6) is -0.182. The summed E-state index contributed by atoms with van der Waals surface area (Å²) in [6.45, 7) is 0. The number of aromatic carboxylic acids is 1. The highest BCUT2D eigenvalue weighted by molar-refractivity contribution is 9.10. The van der Waals surface area contributed by atoms with Crippen LogP contribution in [0.5, 0.6) is 11.5 Å². The lowest BCUT2D eigenvalue weighted by atomic mass is 10.1. The van der Waals surface area contributed by atoms with Crippen molar-refractivity contribution in [3.05, 3.63) is 52.5 Å². The van der Waals surface area contributed by atoms with Crippen molar-refractivity contribution in [2.75, 3.05) is 5.73 Å². The fourth-order valence-electron chi connectivity index (χ4n) is 1.47. The summed E-state index contributed by atoms with van der Waals surface area (Å²) < 4.78 is 6.36. The summed E-state index contributed by atoms with van der Waals surface area (Å²) in [5.41, 5.74) is 5.90. The fourth-order valence-corrected chi connectivity index (χ4v) is 1.83. The van der Waals surface area contributed by atoms with Crippen LogP contribution in [0.4, 0.5) is 5.69 Å². The smallest absolute Gasteiger partial charge is 0.337 e. The predicted molar refractivity (Wildman–Crippen MR) is 72.0 cm³/mol. The molecule has 0 aliphatic carbocycles. The van der Waals surface area contributed by atoms with E-state index in [1.165, 1.54) is 6.07 Å². The summed E-state index contributed by atoms with van der Waals surface area (Å²) in [6, 6.07) is 11.9. The maximum atomic E-state index is 10.9. The molecule has 5 heteroatoms. The van der Waals surface area contributed by atoms with Gasteiger partial charge >= 0.3 is 5.97 Å². The van der Waals surface area contributed by atoms with Crippen molar-refractivity contribution in [1.82, 2.24) is 0 Å². The minimum absolute atomic E-state index is 0.0274. The molecular formula is C13H10BrNO3. The molecule has 0 saturated heterocycles. The number of para-hydroxylation sites is 2. The van der Waals surface area contributed by atoms with E-state index in [2.05, 4.69) is 15.9 Å². The Balaban J connectivity index is 2.39. The first kappa shape index (κ1) is 12.4. The summed E-state index contributed by atoms with van der Waals surface area (Å²) in [4.78, 5) is 10.9. The van der Waals surface area contributed by atoms with Gasteiger partial charge in [0.05, 0.1) is 15.7 Å². The minimum atomic E-state index is -1.08. The Morgan fingerprint density at radius 1 is 1.11 bits per heavy atom. The number of anilines is 1. The van der Waals surface area contributed by atoms with Gasteiger partial charge in [0.25, 0.3) is 0 Å². The average molecular weight is 308 g/mol. The molecule has 2 aromatic rings. The van der Waals surface area contributed by atoms with Crippen molar-refractivity contribution in [2.24, 2.45) is 0 Å². The Bertz CT molecular complexity index is 599. The van der Waals surface area contributed by atoms with Crippen molar-refractivity contribution in [2.45, 2.75) is 0 Å².